The molecule has 1 heterocycles. The van der Waals surface area contributed by atoms with Crippen LogP contribution in [0.3, 0.4) is 0 Å². The van der Waals surface area contributed by atoms with Gasteiger partial charge in [-0.15, -0.1) is 0 Å². The molecule has 7 nitrogen and oxygen atoms in total. The average Bonchev–Trinajstić information content (AvgIpc) is 2.85. The summed E-state index contributed by atoms with van der Waals surface area (Å²) in [5.41, 5.74) is 5.70. The first-order valence-corrected chi connectivity index (χ1v) is 5.68. The zero-order valence-electron chi connectivity index (χ0n) is 9.89. The van der Waals surface area contributed by atoms with Crippen LogP contribution in [0.25, 0.3) is 0 Å². The number of rotatable bonds is 3. The fourth-order valence-corrected chi connectivity index (χ4v) is 1.74. The van der Waals surface area contributed by atoms with Gasteiger partial charge >= 0.3 is 0 Å². The van der Waals surface area contributed by atoms with Crippen LogP contribution >= 0.6 is 11.6 Å². The van der Waals surface area contributed by atoms with E-state index < -0.39 is 11.7 Å². The van der Waals surface area contributed by atoms with Crippen LogP contribution in [-0.4, -0.2) is 27.1 Å². The highest BCUT2D eigenvalue weighted by Gasteiger charge is 2.16. The van der Waals surface area contributed by atoms with Gasteiger partial charge < -0.3 is 16.3 Å². The van der Waals surface area contributed by atoms with E-state index in [9.17, 15) is 9.18 Å². The van der Waals surface area contributed by atoms with Gasteiger partial charge in [0.05, 0.1) is 22.3 Å². The number of H-pyrrole nitrogens is 1. The van der Waals surface area contributed by atoms with Crippen molar-refractivity contribution in [3.8, 4) is 0 Å². The molecular weight excluding hydrogens is 289 g/mol. The van der Waals surface area contributed by atoms with Gasteiger partial charge in [-0.2, -0.15) is 5.10 Å². The second kappa shape index (κ2) is 5.57. The molecule has 0 radical (unpaired) electrons. The number of amidine groups is 1. The zero-order valence-corrected chi connectivity index (χ0v) is 10.6. The van der Waals surface area contributed by atoms with Crippen molar-refractivity contribution in [3.05, 3.63) is 46.4 Å². The molecule has 0 atom stereocenters. The number of carbonyl (C=O) groups excluding carboxylic acids is 1. The van der Waals surface area contributed by atoms with Crippen molar-refractivity contribution < 1.29 is 14.4 Å². The van der Waals surface area contributed by atoms with Gasteiger partial charge in [-0.3, -0.25) is 9.89 Å². The number of oxime groups is 1. The maximum Gasteiger partial charge on any atom is 0.258 e. The first-order valence-electron chi connectivity index (χ1n) is 5.30. The lowest BCUT2D eigenvalue weighted by Crippen LogP contribution is -2.18. The summed E-state index contributed by atoms with van der Waals surface area (Å²) < 4.78 is 12.9. The Kier molecular flexibility index (Phi) is 3.85. The Hall–Kier alpha value is -2.61. The summed E-state index contributed by atoms with van der Waals surface area (Å²) in [5.74, 6) is -1.23. The molecule has 2 rings (SSSR count). The second-order valence-electron chi connectivity index (χ2n) is 3.72. The molecule has 1 aromatic heterocycles. The number of hydrogen-bond acceptors (Lipinski definition) is 4. The van der Waals surface area contributed by atoms with E-state index in [0.717, 1.165) is 12.1 Å². The van der Waals surface area contributed by atoms with E-state index in [1.165, 1.54) is 12.3 Å². The van der Waals surface area contributed by atoms with E-state index in [-0.39, 0.29) is 27.8 Å². The molecule has 1 aromatic carbocycles. The fourth-order valence-electron chi connectivity index (χ4n) is 1.48. The highest BCUT2D eigenvalue weighted by molar-refractivity contribution is 6.34. The predicted molar refractivity (Wildman–Crippen MR) is 70.5 cm³/mol. The molecule has 0 unspecified atom stereocenters. The van der Waals surface area contributed by atoms with Crippen molar-refractivity contribution in [1.82, 2.24) is 10.2 Å². The van der Waals surface area contributed by atoms with E-state index in [0.29, 0.717) is 0 Å². The number of benzene rings is 1. The molecule has 20 heavy (non-hydrogen) atoms. The van der Waals surface area contributed by atoms with E-state index >= 15 is 0 Å². The lowest BCUT2D eigenvalue weighted by molar-refractivity contribution is 0.102. The third kappa shape index (κ3) is 2.69. The van der Waals surface area contributed by atoms with Crippen LogP contribution in [0, 0.1) is 5.82 Å². The standard InChI is InChI=1S/C11H9ClFN5O2/c12-8-3-5(13)1-2-6(8)11(19)16-10-7(4-15-17-10)9(14)18-20/h1-4,20H,(H2,14,18)(H2,15,16,17,19). The summed E-state index contributed by atoms with van der Waals surface area (Å²) in [6, 6.07) is 3.37. The zero-order chi connectivity index (χ0) is 14.7. The third-order valence-electron chi connectivity index (χ3n) is 2.44. The van der Waals surface area contributed by atoms with Crippen LogP contribution < -0.4 is 11.1 Å². The molecule has 0 aliphatic rings. The van der Waals surface area contributed by atoms with Gasteiger partial charge in [0.15, 0.2) is 5.84 Å². The highest BCUT2D eigenvalue weighted by atomic mass is 35.5. The van der Waals surface area contributed by atoms with E-state index in [1.807, 2.05) is 0 Å². The number of nitrogens with zero attached hydrogens (tertiary/aromatic N) is 2. The number of nitrogens with two attached hydrogens (primary N) is 1. The topological polar surface area (TPSA) is 116 Å². The van der Waals surface area contributed by atoms with Crippen LogP contribution in [0.15, 0.2) is 29.6 Å². The number of nitrogens with one attached hydrogen (secondary N) is 2. The number of aromatic amines is 1. The van der Waals surface area contributed by atoms with Crippen LogP contribution in [0.1, 0.15) is 15.9 Å². The van der Waals surface area contributed by atoms with Gasteiger partial charge in [-0.1, -0.05) is 16.8 Å². The maximum absolute atomic E-state index is 12.9. The molecule has 0 spiro atoms. The number of aromatic nitrogens is 2. The number of carbonyl (C=O) groups is 1. The Morgan fingerprint density at radius 1 is 1.50 bits per heavy atom. The van der Waals surface area contributed by atoms with Gasteiger partial charge in [0.25, 0.3) is 5.91 Å². The largest absolute Gasteiger partial charge is 0.409 e. The Labute approximate surface area is 117 Å². The molecule has 0 aliphatic heterocycles. The summed E-state index contributed by atoms with van der Waals surface area (Å²) in [5, 5.41) is 20.0. The lowest BCUT2D eigenvalue weighted by atomic mass is 10.2. The molecule has 0 saturated heterocycles. The number of hydrogen-bond donors (Lipinski definition) is 4. The van der Waals surface area contributed by atoms with E-state index in [4.69, 9.17) is 22.5 Å². The molecule has 104 valence electrons. The first kappa shape index (κ1) is 13.8. The monoisotopic (exact) mass is 297 g/mol. The molecule has 2 aromatic rings. The molecule has 5 N–H and O–H groups in total. The Bertz CT molecular complexity index is 685. The van der Waals surface area contributed by atoms with E-state index in [1.54, 1.807) is 0 Å². The van der Waals surface area contributed by atoms with Gasteiger partial charge in [-0.25, -0.2) is 4.39 Å². The minimum atomic E-state index is -0.591. The molecule has 0 aliphatic carbocycles. The van der Waals surface area contributed by atoms with Crippen molar-refractivity contribution in [1.29, 1.82) is 0 Å². The van der Waals surface area contributed by atoms with Gasteiger partial charge in [-0.05, 0) is 18.2 Å². The maximum atomic E-state index is 12.9. The molecule has 1 amide bonds. The Morgan fingerprint density at radius 2 is 2.25 bits per heavy atom. The quantitative estimate of drug-likeness (QED) is 0.297. The highest BCUT2D eigenvalue weighted by Crippen LogP contribution is 2.19. The SMILES string of the molecule is NC(=NO)c1cn[nH]c1NC(=O)c1ccc(F)cc1Cl. The molecular formula is C11H9ClFN5O2. The van der Waals surface area contributed by atoms with Gasteiger partial charge in [0.2, 0.25) is 0 Å². The minimum Gasteiger partial charge on any atom is -0.409 e. The van der Waals surface area contributed by atoms with E-state index in [2.05, 4.69) is 20.7 Å². The smallest absolute Gasteiger partial charge is 0.258 e. The number of amides is 1. The van der Waals surface area contributed by atoms with Crippen LogP contribution in [0.5, 0.6) is 0 Å². The molecule has 0 saturated carbocycles. The summed E-state index contributed by atoms with van der Waals surface area (Å²) in [7, 11) is 0. The fraction of sp³-hybridized carbons (Fsp3) is 0. The average molecular weight is 298 g/mol. The second-order valence-corrected chi connectivity index (χ2v) is 4.13. The Balaban J connectivity index is 2.26. The molecule has 0 fully saturated rings. The molecule has 9 heteroatoms. The van der Waals surface area contributed by atoms with Crippen molar-refractivity contribution in [2.45, 2.75) is 0 Å². The van der Waals surface area contributed by atoms with Gasteiger partial charge in [0, 0.05) is 0 Å². The normalized spacial score (nSPS) is 11.4. The summed E-state index contributed by atoms with van der Waals surface area (Å²) in [6.07, 6.45) is 1.27. The van der Waals surface area contributed by atoms with Crippen LogP contribution in [-0.2, 0) is 0 Å². The van der Waals surface area contributed by atoms with Crippen molar-refractivity contribution >= 4 is 29.2 Å². The van der Waals surface area contributed by atoms with Crippen molar-refractivity contribution in [2.24, 2.45) is 10.9 Å². The van der Waals surface area contributed by atoms with Crippen LogP contribution in [0.2, 0.25) is 5.02 Å². The number of anilines is 1. The minimum absolute atomic E-state index is 0.0348. The number of halogens is 2. The predicted octanol–water partition coefficient (Wildman–Crippen LogP) is 1.55. The first-order chi connectivity index (χ1) is 9.52. The summed E-state index contributed by atoms with van der Waals surface area (Å²) in [6.45, 7) is 0. The van der Waals surface area contributed by atoms with Crippen LogP contribution in [0.4, 0.5) is 10.2 Å². The van der Waals surface area contributed by atoms with Crippen molar-refractivity contribution in [3.63, 3.8) is 0 Å². The van der Waals surface area contributed by atoms with Crippen molar-refractivity contribution in [2.75, 3.05) is 5.32 Å². The lowest BCUT2D eigenvalue weighted by Gasteiger charge is -2.06. The third-order valence-corrected chi connectivity index (χ3v) is 2.75. The van der Waals surface area contributed by atoms with Gasteiger partial charge in [0.1, 0.15) is 11.6 Å². The summed E-state index contributed by atoms with van der Waals surface area (Å²) in [4.78, 5) is 12.0. The summed E-state index contributed by atoms with van der Waals surface area (Å²) >= 11 is 5.78. The Morgan fingerprint density at radius 3 is 2.90 bits per heavy atom. The molecule has 0 bridgehead atoms.